The molecule has 1 unspecified atom stereocenters. The molecule has 1 aliphatic heterocycles. The zero-order chi connectivity index (χ0) is 15.3. The second kappa shape index (κ2) is 4.68. The van der Waals surface area contributed by atoms with Gasteiger partial charge in [-0.15, -0.1) is 0 Å². The lowest BCUT2D eigenvalue weighted by molar-refractivity contribution is 0.0443. The number of benzene rings is 2. The molecule has 2 aliphatic rings. The topological polar surface area (TPSA) is 72.8 Å². The molecule has 5 nitrogen and oxygen atoms in total. The Morgan fingerprint density at radius 2 is 1.73 bits per heavy atom. The second-order valence-electron chi connectivity index (χ2n) is 5.25. The van der Waals surface area contributed by atoms with E-state index in [0.717, 1.165) is 0 Å². The van der Waals surface area contributed by atoms with Gasteiger partial charge in [0.15, 0.2) is 29.2 Å². The maximum atomic E-state index is 12.8. The molecule has 0 saturated carbocycles. The van der Waals surface area contributed by atoms with E-state index in [1.807, 2.05) is 0 Å². The number of ether oxygens (including phenoxy) is 2. The number of fused-ring (bicyclic) bond motifs is 4. The largest absolute Gasteiger partial charge is 0.486 e. The predicted molar refractivity (Wildman–Crippen MR) is 76.7 cm³/mol. The van der Waals surface area contributed by atoms with Gasteiger partial charge < -0.3 is 14.6 Å². The zero-order valence-electron chi connectivity index (χ0n) is 11.5. The normalized spacial score (nSPS) is 18.7. The van der Waals surface area contributed by atoms with Crippen molar-refractivity contribution in [3.8, 4) is 11.5 Å². The molecule has 1 N–H and O–H groups in total. The quantitative estimate of drug-likeness (QED) is 0.738. The minimum Gasteiger partial charge on any atom is -0.486 e. The number of rotatable bonds is 1. The molecule has 0 fully saturated rings. The molecule has 2 aromatic carbocycles. The van der Waals surface area contributed by atoms with Crippen molar-refractivity contribution in [1.29, 1.82) is 0 Å². The van der Waals surface area contributed by atoms with E-state index >= 15 is 0 Å². The van der Waals surface area contributed by atoms with Crippen LogP contribution in [0.15, 0.2) is 36.4 Å². The van der Waals surface area contributed by atoms with Crippen LogP contribution in [0.4, 0.5) is 0 Å². The predicted octanol–water partition coefficient (Wildman–Crippen LogP) is 1.59. The number of carbonyl (C=O) groups excluding carboxylic acids is 2. The third-order valence-electron chi connectivity index (χ3n) is 3.92. The first kappa shape index (κ1) is 13.0. The molecule has 110 valence electrons. The Labute approximate surface area is 126 Å². The van der Waals surface area contributed by atoms with Gasteiger partial charge in [-0.05, 0) is 12.1 Å². The average Bonchev–Trinajstić information content (AvgIpc) is 2.58. The lowest BCUT2D eigenvalue weighted by Crippen LogP contribution is -2.34. The molecule has 0 aromatic heterocycles. The van der Waals surface area contributed by atoms with Crippen molar-refractivity contribution in [2.45, 2.75) is 6.10 Å². The van der Waals surface area contributed by atoms with Crippen LogP contribution < -0.4 is 9.47 Å². The van der Waals surface area contributed by atoms with Gasteiger partial charge in [0.05, 0.1) is 12.2 Å². The summed E-state index contributed by atoms with van der Waals surface area (Å²) in [5.74, 6) is 0.201. The number of aliphatic hydroxyl groups excluding tert-OH is 1. The maximum absolute atomic E-state index is 12.8. The molecule has 2 aromatic rings. The van der Waals surface area contributed by atoms with E-state index in [1.165, 1.54) is 0 Å². The van der Waals surface area contributed by atoms with Crippen molar-refractivity contribution < 1.29 is 24.2 Å². The number of hydrogen-bond donors (Lipinski definition) is 1. The number of carbonyl (C=O) groups is 2. The van der Waals surface area contributed by atoms with E-state index < -0.39 is 6.10 Å². The summed E-state index contributed by atoms with van der Waals surface area (Å²) in [4.78, 5) is 25.4. The van der Waals surface area contributed by atoms with Crippen molar-refractivity contribution in [3.63, 3.8) is 0 Å². The fourth-order valence-electron chi connectivity index (χ4n) is 2.84. The first-order valence-electron chi connectivity index (χ1n) is 6.96. The Morgan fingerprint density at radius 1 is 1.00 bits per heavy atom. The molecule has 1 heterocycles. The van der Waals surface area contributed by atoms with Gasteiger partial charge in [0.1, 0.15) is 6.61 Å². The van der Waals surface area contributed by atoms with E-state index in [2.05, 4.69) is 0 Å². The minimum atomic E-state index is -0.543. The molecule has 1 aliphatic carbocycles. The first-order chi connectivity index (χ1) is 10.7. The van der Waals surface area contributed by atoms with Gasteiger partial charge in [0, 0.05) is 16.7 Å². The minimum absolute atomic E-state index is 0.206. The van der Waals surface area contributed by atoms with Gasteiger partial charge in [0.25, 0.3) is 0 Å². The molecule has 0 bridgehead atoms. The van der Waals surface area contributed by atoms with Gasteiger partial charge in [-0.25, -0.2) is 0 Å². The Bertz CT molecular complexity index is 809. The highest BCUT2D eigenvalue weighted by molar-refractivity contribution is 6.29. The second-order valence-corrected chi connectivity index (χ2v) is 5.25. The number of aliphatic hydroxyl groups is 1. The van der Waals surface area contributed by atoms with Crippen LogP contribution in [0.1, 0.15) is 31.8 Å². The summed E-state index contributed by atoms with van der Waals surface area (Å²) in [6.07, 6.45) is -0.543. The van der Waals surface area contributed by atoms with Crippen LogP contribution in [-0.4, -0.2) is 36.0 Å². The molecule has 0 saturated heterocycles. The standard InChI is InChI=1S/C17H12O5/c18-7-9-8-21-13-6-5-12-14(17(13)22-9)16(20)11-4-2-1-3-10(11)15(12)19/h1-6,9,18H,7-8H2. The monoisotopic (exact) mass is 296 g/mol. The van der Waals surface area contributed by atoms with E-state index in [9.17, 15) is 14.7 Å². The Morgan fingerprint density at radius 3 is 2.45 bits per heavy atom. The molecular formula is C17H12O5. The summed E-state index contributed by atoms with van der Waals surface area (Å²) >= 11 is 0. The molecule has 0 radical (unpaired) electrons. The fourth-order valence-corrected chi connectivity index (χ4v) is 2.84. The summed E-state index contributed by atoms with van der Waals surface area (Å²) in [6.45, 7) is -0.0111. The number of ketones is 2. The Kier molecular flexibility index (Phi) is 2.77. The van der Waals surface area contributed by atoms with E-state index in [0.29, 0.717) is 22.4 Å². The van der Waals surface area contributed by atoms with Crippen molar-refractivity contribution >= 4 is 11.6 Å². The van der Waals surface area contributed by atoms with E-state index in [1.54, 1.807) is 36.4 Å². The van der Waals surface area contributed by atoms with E-state index in [4.69, 9.17) is 9.47 Å². The van der Waals surface area contributed by atoms with Crippen LogP contribution in [0, 0.1) is 0 Å². The smallest absolute Gasteiger partial charge is 0.198 e. The Balaban J connectivity index is 1.94. The highest BCUT2D eigenvalue weighted by Crippen LogP contribution is 2.41. The first-order valence-corrected chi connectivity index (χ1v) is 6.96. The average molecular weight is 296 g/mol. The van der Waals surface area contributed by atoms with Crippen LogP contribution in [0.25, 0.3) is 0 Å². The summed E-state index contributed by atoms with van der Waals surface area (Å²) < 4.78 is 11.2. The van der Waals surface area contributed by atoms with E-state index in [-0.39, 0.29) is 36.1 Å². The van der Waals surface area contributed by atoms with Crippen molar-refractivity contribution in [2.75, 3.05) is 13.2 Å². The van der Waals surface area contributed by atoms with Crippen molar-refractivity contribution in [1.82, 2.24) is 0 Å². The maximum Gasteiger partial charge on any atom is 0.198 e. The lowest BCUT2D eigenvalue weighted by atomic mass is 9.83. The van der Waals surface area contributed by atoms with Crippen LogP contribution in [0.2, 0.25) is 0 Å². The summed E-state index contributed by atoms with van der Waals surface area (Å²) in [5.41, 5.74) is 1.29. The van der Waals surface area contributed by atoms with Crippen LogP contribution >= 0.6 is 0 Å². The molecule has 1 atom stereocenters. The third kappa shape index (κ3) is 1.69. The molecule has 0 amide bonds. The SMILES string of the molecule is O=C1c2ccccc2C(=O)c2c1ccc1c2OC(CO)CO1. The third-order valence-corrected chi connectivity index (χ3v) is 3.92. The van der Waals surface area contributed by atoms with Crippen LogP contribution in [0.3, 0.4) is 0 Å². The van der Waals surface area contributed by atoms with Gasteiger partial charge >= 0.3 is 0 Å². The van der Waals surface area contributed by atoms with Gasteiger partial charge in [-0.2, -0.15) is 0 Å². The van der Waals surface area contributed by atoms with Gasteiger partial charge in [-0.3, -0.25) is 9.59 Å². The summed E-state index contributed by atoms with van der Waals surface area (Å²) in [7, 11) is 0. The van der Waals surface area contributed by atoms with Crippen LogP contribution in [-0.2, 0) is 0 Å². The summed E-state index contributed by atoms with van der Waals surface area (Å²) in [5, 5.41) is 9.24. The molecular weight excluding hydrogens is 284 g/mol. The fraction of sp³-hybridized carbons (Fsp3) is 0.176. The summed E-state index contributed by atoms with van der Waals surface area (Å²) in [6, 6.07) is 9.94. The van der Waals surface area contributed by atoms with Crippen molar-refractivity contribution in [3.05, 3.63) is 58.7 Å². The molecule has 5 heteroatoms. The van der Waals surface area contributed by atoms with Gasteiger partial charge in [-0.1, -0.05) is 24.3 Å². The molecule has 0 spiro atoms. The highest BCUT2D eigenvalue weighted by Gasteiger charge is 2.36. The molecule has 4 rings (SSSR count). The lowest BCUT2D eigenvalue weighted by Gasteiger charge is -2.29. The van der Waals surface area contributed by atoms with Crippen LogP contribution in [0.5, 0.6) is 11.5 Å². The Hall–Kier alpha value is -2.66. The molecule has 22 heavy (non-hydrogen) atoms. The van der Waals surface area contributed by atoms with Gasteiger partial charge in [0.2, 0.25) is 0 Å². The number of hydrogen-bond acceptors (Lipinski definition) is 5. The zero-order valence-corrected chi connectivity index (χ0v) is 11.5. The highest BCUT2D eigenvalue weighted by atomic mass is 16.6. The van der Waals surface area contributed by atoms with Crippen molar-refractivity contribution in [2.24, 2.45) is 0 Å².